The van der Waals surface area contributed by atoms with E-state index in [1.807, 2.05) is 31.2 Å². The number of hydrogen-bond acceptors (Lipinski definition) is 6. The quantitative estimate of drug-likeness (QED) is 0.340. The fourth-order valence-corrected chi connectivity index (χ4v) is 3.44. The van der Waals surface area contributed by atoms with Crippen LogP contribution in [0.4, 0.5) is 5.69 Å². The molecule has 1 aromatic heterocycles. The number of aromatic nitrogens is 1. The third-order valence-electron chi connectivity index (χ3n) is 4.51. The van der Waals surface area contributed by atoms with Crippen LogP contribution in [-0.4, -0.2) is 29.2 Å². The van der Waals surface area contributed by atoms with Crippen molar-refractivity contribution in [1.82, 2.24) is 10.3 Å². The minimum Gasteiger partial charge on any atom is -0.494 e. The Morgan fingerprint density at radius 1 is 1.09 bits per heavy atom. The number of rotatable bonds is 7. The Morgan fingerprint density at radius 3 is 2.64 bits per heavy atom. The lowest BCUT2D eigenvalue weighted by Gasteiger charge is -2.11. The van der Waals surface area contributed by atoms with Crippen molar-refractivity contribution in [3.63, 3.8) is 0 Å². The van der Waals surface area contributed by atoms with Gasteiger partial charge in [0.2, 0.25) is 5.89 Å². The maximum Gasteiger partial charge on any atom is 0.264 e. The highest BCUT2D eigenvalue weighted by molar-refractivity contribution is 7.80. The first-order valence-corrected chi connectivity index (χ1v) is 10.9. The highest BCUT2D eigenvalue weighted by Crippen LogP contribution is 2.27. The van der Waals surface area contributed by atoms with E-state index in [1.165, 1.54) is 0 Å². The molecule has 0 radical (unpaired) electrons. The van der Waals surface area contributed by atoms with Gasteiger partial charge < -0.3 is 19.2 Å². The van der Waals surface area contributed by atoms with E-state index in [2.05, 4.69) is 15.6 Å². The molecular formula is C24H20ClN3O4S. The number of nitrogens with one attached hydrogen (secondary N) is 2. The standard InChI is InChI=1S/C24H20ClN3O4S/c1-2-30-17-10-7-15(8-11-17)23-27-19-13-16(9-12-21(19)32-23)26-24(33)28-22(29)14-31-20-6-4-3-5-18(20)25/h3-13H,2,14H2,1H3,(H2,26,28,29,33). The van der Waals surface area contributed by atoms with E-state index >= 15 is 0 Å². The first kappa shape index (κ1) is 22.6. The summed E-state index contributed by atoms with van der Waals surface area (Å²) in [6.07, 6.45) is 0. The van der Waals surface area contributed by atoms with Crippen LogP contribution in [0.15, 0.2) is 71.1 Å². The highest BCUT2D eigenvalue weighted by Gasteiger charge is 2.11. The van der Waals surface area contributed by atoms with E-state index in [9.17, 15) is 4.79 Å². The maximum atomic E-state index is 12.1. The Labute approximate surface area is 200 Å². The number of thiocarbonyl (C=S) groups is 1. The lowest BCUT2D eigenvalue weighted by molar-refractivity contribution is -0.121. The molecule has 0 unspecified atom stereocenters. The van der Waals surface area contributed by atoms with Crippen LogP contribution in [-0.2, 0) is 4.79 Å². The number of carbonyl (C=O) groups excluding carboxylic acids is 1. The Hall–Kier alpha value is -3.62. The van der Waals surface area contributed by atoms with Crippen molar-refractivity contribution in [1.29, 1.82) is 0 Å². The van der Waals surface area contributed by atoms with Crippen molar-refractivity contribution < 1.29 is 18.7 Å². The fourth-order valence-electron chi connectivity index (χ4n) is 3.02. The van der Waals surface area contributed by atoms with Crippen LogP contribution in [0.1, 0.15) is 6.92 Å². The van der Waals surface area contributed by atoms with Crippen molar-refractivity contribution in [3.05, 3.63) is 71.8 Å². The van der Waals surface area contributed by atoms with Crippen LogP contribution in [0.25, 0.3) is 22.6 Å². The summed E-state index contributed by atoms with van der Waals surface area (Å²) in [5, 5.41) is 6.10. The highest BCUT2D eigenvalue weighted by atomic mass is 35.5. The monoisotopic (exact) mass is 481 g/mol. The summed E-state index contributed by atoms with van der Waals surface area (Å²) < 4.78 is 16.7. The normalized spacial score (nSPS) is 10.6. The second-order valence-corrected chi connectivity index (χ2v) is 7.70. The molecule has 4 aromatic rings. The number of para-hydroxylation sites is 1. The van der Waals surface area contributed by atoms with Crippen LogP contribution in [0, 0.1) is 0 Å². The SMILES string of the molecule is CCOc1ccc(-c2nc3cc(NC(=S)NC(=O)COc4ccccc4Cl)ccc3o2)cc1. The summed E-state index contributed by atoms with van der Waals surface area (Å²) in [4.78, 5) is 16.7. The topological polar surface area (TPSA) is 85.6 Å². The van der Waals surface area contributed by atoms with Crippen molar-refractivity contribution >= 4 is 51.6 Å². The zero-order chi connectivity index (χ0) is 23.2. The minimum absolute atomic E-state index is 0.136. The number of amides is 1. The molecule has 2 N–H and O–H groups in total. The number of halogens is 1. The predicted molar refractivity (Wildman–Crippen MR) is 132 cm³/mol. The van der Waals surface area contributed by atoms with Crippen molar-refractivity contribution in [3.8, 4) is 23.0 Å². The molecule has 9 heteroatoms. The van der Waals surface area contributed by atoms with Gasteiger partial charge in [0.05, 0.1) is 11.6 Å². The largest absolute Gasteiger partial charge is 0.494 e. The number of benzene rings is 3. The smallest absolute Gasteiger partial charge is 0.264 e. The zero-order valence-electron chi connectivity index (χ0n) is 17.6. The fraction of sp³-hybridized carbons (Fsp3) is 0.125. The van der Waals surface area contributed by atoms with E-state index in [4.69, 9.17) is 37.7 Å². The molecule has 1 heterocycles. The van der Waals surface area contributed by atoms with Crippen molar-refractivity contribution in [2.45, 2.75) is 6.92 Å². The average molecular weight is 482 g/mol. The molecule has 0 bridgehead atoms. The summed E-state index contributed by atoms with van der Waals surface area (Å²) >= 11 is 11.2. The van der Waals surface area contributed by atoms with E-state index in [0.29, 0.717) is 40.1 Å². The number of anilines is 1. The third-order valence-corrected chi connectivity index (χ3v) is 5.02. The Morgan fingerprint density at radius 2 is 1.88 bits per heavy atom. The average Bonchev–Trinajstić information content (AvgIpc) is 3.22. The van der Waals surface area contributed by atoms with Gasteiger partial charge in [-0.25, -0.2) is 4.98 Å². The molecule has 0 saturated heterocycles. The third kappa shape index (κ3) is 5.79. The van der Waals surface area contributed by atoms with Gasteiger partial charge >= 0.3 is 0 Å². The Kier molecular flexibility index (Phi) is 7.07. The van der Waals surface area contributed by atoms with Crippen LogP contribution >= 0.6 is 23.8 Å². The molecule has 1 amide bonds. The van der Waals surface area contributed by atoms with Gasteiger partial charge in [-0.15, -0.1) is 0 Å². The summed E-state index contributed by atoms with van der Waals surface area (Å²) in [6.45, 7) is 2.32. The van der Waals surface area contributed by atoms with Gasteiger partial charge in [0.25, 0.3) is 5.91 Å². The molecule has 33 heavy (non-hydrogen) atoms. The first-order chi connectivity index (χ1) is 16.0. The predicted octanol–water partition coefficient (Wildman–Crippen LogP) is 5.44. The van der Waals surface area contributed by atoms with Gasteiger partial charge in [0, 0.05) is 11.3 Å². The molecule has 0 aliphatic heterocycles. The zero-order valence-corrected chi connectivity index (χ0v) is 19.2. The van der Waals surface area contributed by atoms with Gasteiger partial charge in [-0.1, -0.05) is 23.7 Å². The molecular weight excluding hydrogens is 462 g/mol. The number of ether oxygens (including phenoxy) is 2. The van der Waals surface area contributed by atoms with Gasteiger partial charge in [-0.3, -0.25) is 10.1 Å². The van der Waals surface area contributed by atoms with Crippen molar-refractivity contribution in [2.75, 3.05) is 18.5 Å². The molecule has 0 aliphatic carbocycles. The molecule has 0 atom stereocenters. The second-order valence-electron chi connectivity index (χ2n) is 6.88. The molecule has 7 nitrogen and oxygen atoms in total. The Bertz CT molecular complexity index is 1290. The number of oxazole rings is 1. The van der Waals surface area contributed by atoms with E-state index in [0.717, 1.165) is 11.3 Å². The summed E-state index contributed by atoms with van der Waals surface area (Å²) in [5.74, 6) is 1.30. The van der Waals surface area contributed by atoms with Gasteiger partial charge in [-0.05, 0) is 73.7 Å². The van der Waals surface area contributed by atoms with E-state index < -0.39 is 5.91 Å². The van der Waals surface area contributed by atoms with Gasteiger partial charge in [0.15, 0.2) is 17.3 Å². The van der Waals surface area contributed by atoms with Crippen LogP contribution in [0.3, 0.4) is 0 Å². The number of fused-ring (bicyclic) bond motifs is 1. The molecule has 0 aliphatic rings. The maximum absolute atomic E-state index is 12.1. The minimum atomic E-state index is -0.410. The Balaban J connectivity index is 1.36. The first-order valence-electron chi connectivity index (χ1n) is 10.1. The lowest BCUT2D eigenvalue weighted by atomic mass is 10.2. The molecule has 168 valence electrons. The summed E-state index contributed by atoms with van der Waals surface area (Å²) in [5.41, 5.74) is 2.78. The van der Waals surface area contributed by atoms with Crippen LogP contribution in [0.2, 0.25) is 5.02 Å². The summed E-state index contributed by atoms with van der Waals surface area (Å²) in [7, 11) is 0. The molecule has 4 rings (SSSR count). The van der Waals surface area contributed by atoms with Crippen LogP contribution < -0.4 is 20.1 Å². The molecule has 0 spiro atoms. The van der Waals surface area contributed by atoms with Gasteiger partial charge in [-0.2, -0.15) is 0 Å². The van der Waals surface area contributed by atoms with Gasteiger partial charge in [0.1, 0.15) is 17.0 Å². The molecule has 0 fully saturated rings. The second kappa shape index (κ2) is 10.3. The molecule has 0 saturated carbocycles. The molecule has 3 aromatic carbocycles. The number of carbonyl (C=O) groups is 1. The van der Waals surface area contributed by atoms with E-state index in [-0.39, 0.29) is 11.7 Å². The number of nitrogens with zero attached hydrogens (tertiary/aromatic N) is 1. The van der Waals surface area contributed by atoms with Crippen molar-refractivity contribution in [2.24, 2.45) is 0 Å². The lowest BCUT2D eigenvalue weighted by Crippen LogP contribution is -2.37. The van der Waals surface area contributed by atoms with E-state index in [1.54, 1.807) is 42.5 Å². The number of hydrogen-bond donors (Lipinski definition) is 2. The van der Waals surface area contributed by atoms with Crippen LogP contribution in [0.5, 0.6) is 11.5 Å². The summed E-state index contributed by atoms with van der Waals surface area (Å²) in [6, 6.07) is 19.8.